The molecule has 1 spiro atoms. The minimum atomic E-state index is -0.410. The third-order valence-corrected chi connectivity index (χ3v) is 5.40. The summed E-state index contributed by atoms with van der Waals surface area (Å²) < 4.78 is 4.90. The molecule has 22 heavy (non-hydrogen) atoms. The van der Waals surface area contributed by atoms with Crippen molar-refractivity contribution in [2.24, 2.45) is 11.3 Å². The maximum atomic E-state index is 12.2. The molecule has 0 bridgehead atoms. The van der Waals surface area contributed by atoms with Crippen molar-refractivity contribution in [3.05, 3.63) is 16.1 Å². The number of carbonyl (C=O) groups excluding carboxylic acids is 2. The Balaban J connectivity index is 1.49. The van der Waals surface area contributed by atoms with Gasteiger partial charge in [0.15, 0.2) is 5.69 Å². The van der Waals surface area contributed by atoms with Gasteiger partial charge < -0.3 is 15.4 Å². The van der Waals surface area contributed by atoms with Gasteiger partial charge in [-0.15, -0.1) is 11.3 Å². The maximum absolute atomic E-state index is 12.2. The van der Waals surface area contributed by atoms with Crippen LogP contribution >= 0.6 is 11.3 Å². The van der Waals surface area contributed by atoms with E-state index in [-0.39, 0.29) is 17.2 Å². The van der Waals surface area contributed by atoms with Gasteiger partial charge in [-0.2, -0.15) is 0 Å². The predicted octanol–water partition coefficient (Wildman–Crippen LogP) is 1.33. The van der Waals surface area contributed by atoms with Crippen LogP contribution < -0.4 is 10.6 Å². The SMILES string of the molecule is CCOC(=O)c1csc(CNC(=O)C2CC23CCNCC3)n1. The molecule has 0 aromatic carbocycles. The van der Waals surface area contributed by atoms with Gasteiger partial charge in [-0.3, -0.25) is 4.79 Å². The molecular weight excluding hydrogens is 302 g/mol. The van der Waals surface area contributed by atoms with Crippen molar-refractivity contribution in [1.82, 2.24) is 15.6 Å². The molecule has 1 aromatic heterocycles. The fourth-order valence-corrected chi connectivity index (χ4v) is 3.88. The number of esters is 1. The Kier molecular flexibility index (Phi) is 4.44. The number of amides is 1. The fraction of sp³-hybridized carbons (Fsp3) is 0.667. The number of rotatable bonds is 5. The first-order chi connectivity index (χ1) is 10.6. The highest BCUT2D eigenvalue weighted by Gasteiger charge is 2.57. The third-order valence-electron chi connectivity index (χ3n) is 4.56. The zero-order valence-electron chi connectivity index (χ0n) is 12.7. The number of aromatic nitrogens is 1. The molecule has 1 saturated carbocycles. The molecule has 0 radical (unpaired) electrons. The van der Waals surface area contributed by atoms with Crippen molar-refractivity contribution in [3.63, 3.8) is 0 Å². The monoisotopic (exact) mass is 323 g/mol. The van der Waals surface area contributed by atoms with Crippen LogP contribution in [0.15, 0.2) is 5.38 Å². The zero-order chi connectivity index (χ0) is 15.6. The predicted molar refractivity (Wildman–Crippen MR) is 82.6 cm³/mol. The molecule has 2 N–H and O–H groups in total. The quantitative estimate of drug-likeness (QED) is 0.799. The lowest BCUT2D eigenvalue weighted by Crippen LogP contribution is -2.33. The molecule has 1 unspecified atom stereocenters. The van der Waals surface area contributed by atoms with Crippen molar-refractivity contribution < 1.29 is 14.3 Å². The van der Waals surface area contributed by atoms with E-state index in [2.05, 4.69) is 15.6 Å². The Hall–Kier alpha value is -1.47. The average molecular weight is 323 g/mol. The summed E-state index contributed by atoms with van der Waals surface area (Å²) in [7, 11) is 0. The molecule has 1 aliphatic carbocycles. The van der Waals surface area contributed by atoms with E-state index in [0.717, 1.165) is 37.4 Å². The molecule has 1 saturated heterocycles. The molecule has 1 aliphatic heterocycles. The minimum absolute atomic E-state index is 0.120. The number of hydrogen-bond acceptors (Lipinski definition) is 6. The molecule has 120 valence electrons. The van der Waals surface area contributed by atoms with Gasteiger partial charge >= 0.3 is 5.97 Å². The summed E-state index contributed by atoms with van der Waals surface area (Å²) in [5.41, 5.74) is 0.561. The van der Waals surface area contributed by atoms with E-state index in [1.165, 1.54) is 11.3 Å². The summed E-state index contributed by atoms with van der Waals surface area (Å²) in [6.07, 6.45) is 3.19. The zero-order valence-corrected chi connectivity index (χ0v) is 13.5. The number of piperidine rings is 1. The van der Waals surface area contributed by atoms with Crippen molar-refractivity contribution in [3.8, 4) is 0 Å². The molecule has 6 nitrogen and oxygen atoms in total. The molecule has 1 aromatic rings. The van der Waals surface area contributed by atoms with Crippen LogP contribution in [0.2, 0.25) is 0 Å². The molecule has 1 atom stereocenters. The normalized spacial score (nSPS) is 22.3. The number of hydrogen-bond donors (Lipinski definition) is 2. The largest absolute Gasteiger partial charge is 0.461 e. The van der Waals surface area contributed by atoms with E-state index < -0.39 is 5.97 Å². The first kappa shape index (κ1) is 15.4. The van der Waals surface area contributed by atoms with Crippen LogP contribution in [-0.2, 0) is 16.1 Å². The summed E-state index contributed by atoms with van der Waals surface area (Å²) in [4.78, 5) is 28.0. The number of nitrogens with one attached hydrogen (secondary N) is 2. The minimum Gasteiger partial charge on any atom is -0.461 e. The Bertz CT molecular complexity index is 566. The molecule has 7 heteroatoms. The van der Waals surface area contributed by atoms with E-state index in [0.29, 0.717) is 18.8 Å². The van der Waals surface area contributed by atoms with Gasteiger partial charge in [0.25, 0.3) is 0 Å². The average Bonchev–Trinajstić information content (AvgIpc) is 2.99. The number of thiazole rings is 1. The topological polar surface area (TPSA) is 80.3 Å². The van der Waals surface area contributed by atoms with Crippen molar-refractivity contribution >= 4 is 23.2 Å². The van der Waals surface area contributed by atoms with Crippen LogP contribution in [0.1, 0.15) is 41.7 Å². The van der Waals surface area contributed by atoms with Crippen LogP contribution in [0.3, 0.4) is 0 Å². The van der Waals surface area contributed by atoms with Gasteiger partial charge in [0, 0.05) is 11.3 Å². The van der Waals surface area contributed by atoms with Crippen LogP contribution in [0.5, 0.6) is 0 Å². The van der Waals surface area contributed by atoms with Crippen LogP contribution in [0.25, 0.3) is 0 Å². The summed E-state index contributed by atoms with van der Waals surface area (Å²) in [5.74, 6) is -0.138. The van der Waals surface area contributed by atoms with Gasteiger partial charge in [0.1, 0.15) is 5.01 Å². The van der Waals surface area contributed by atoms with E-state index >= 15 is 0 Å². The number of carbonyl (C=O) groups is 2. The van der Waals surface area contributed by atoms with Crippen LogP contribution in [0, 0.1) is 11.3 Å². The number of nitrogens with zero attached hydrogens (tertiary/aromatic N) is 1. The summed E-state index contributed by atoms with van der Waals surface area (Å²) in [6.45, 7) is 4.50. The molecule has 1 amide bonds. The smallest absolute Gasteiger partial charge is 0.357 e. The lowest BCUT2D eigenvalue weighted by Gasteiger charge is -2.23. The van der Waals surface area contributed by atoms with Gasteiger partial charge in [0.05, 0.1) is 13.2 Å². The summed E-state index contributed by atoms with van der Waals surface area (Å²) in [5, 5.41) is 8.70. The molecular formula is C15H21N3O3S. The highest BCUT2D eigenvalue weighted by Crippen LogP contribution is 2.58. The lowest BCUT2D eigenvalue weighted by molar-refractivity contribution is -0.123. The second kappa shape index (κ2) is 6.34. The van der Waals surface area contributed by atoms with E-state index in [9.17, 15) is 9.59 Å². The van der Waals surface area contributed by atoms with Crippen LogP contribution in [0.4, 0.5) is 0 Å². The van der Waals surface area contributed by atoms with Crippen molar-refractivity contribution in [1.29, 1.82) is 0 Å². The van der Waals surface area contributed by atoms with E-state index in [1.807, 2.05) is 0 Å². The van der Waals surface area contributed by atoms with Crippen molar-refractivity contribution in [2.45, 2.75) is 32.7 Å². The molecule has 2 fully saturated rings. The maximum Gasteiger partial charge on any atom is 0.357 e. The standard InChI is InChI=1S/C15H21N3O3S/c1-2-21-14(20)11-9-22-12(18-11)8-17-13(19)10-7-15(10)3-5-16-6-4-15/h9-10,16H,2-8H2,1H3,(H,17,19). The Labute approximate surface area is 133 Å². The van der Waals surface area contributed by atoms with Gasteiger partial charge in [-0.1, -0.05) is 0 Å². The fourth-order valence-electron chi connectivity index (χ4n) is 3.17. The summed E-state index contributed by atoms with van der Waals surface area (Å²) >= 11 is 1.37. The highest BCUT2D eigenvalue weighted by molar-refractivity contribution is 7.09. The second-order valence-electron chi connectivity index (χ2n) is 5.93. The van der Waals surface area contributed by atoms with Gasteiger partial charge in [0.2, 0.25) is 5.91 Å². The molecule has 2 heterocycles. The Morgan fingerprint density at radius 2 is 2.27 bits per heavy atom. The number of ether oxygens (including phenoxy) is 1. The van der Waals surface area contributed by atoms with Gasteiger partial charge in [-0.25, -0.2) is 9.78 Å². The second-order valence-corrected chi connectivity index (χ2v) is 6.88. The summed E-state index contributed by atoms with van der Waals surface area (Å²) in [6, 6.07) is 0. The van der Waals surface area contributed by atoms with Gasteiger partial charge in [-0.05, 0) is 44.7 Å². The third kappa shape index (κ3) is 3.15. The van der Waals surface area contributed by atoms with Crippen molar-refractivity contribution in [2.75, 3.05) is 19.7 Å². The molecule has 2 aliphatic rings. The first-order valence-corrected chi connectivity index (χ1v) is 8.62. The lowest BCUT2D eigenvalue weighted by atomic mass is 9.92. The van der Waals surface area contributed by atoms with E-state index in [1.54, 1.807) is 12.3 Å². The van der Waals surface area contributed by atoms with E-state index in [4.69, 9.17) is 4.74 Å². The highest BCUT2D eigenvalue weighted by atomic mass is 32.1. The van der Waals surface area contributed by atoms with Crippen LogP contribution in [-0.4, -0.2) is 36.6 Å². The Morgan fingerprint density at radius 1 is 1.50 bits per heavy atom. The Morgan fingerprint density at radius 3 is 3.00 bits per heavy atom. The first-order valence-electron chi connectivity index (χ1n) is 7.74. The molecule has 3 rings (SSSR count).